The number of carbonyl (C=O) groups excluding carboxylic acids is 1. The van der Waals surface area contributed by atoms with E-state index >= 15 is 0 Å². The highest BCUT2D eigenvalue weighted by Crippen LogP contribution is 2.13. The summed E-state index contributed by atoms with van der Waals surface area (Å²) in [5, 5.41) is 3.14. The number of hydrogen-bond acceptors (Lipinski definition) is 3. The lowest BCUT2D eigenvalue weighted by atomic mass is 10.1. The zero-order chi connectivity index (χ0) is 15.0. The van der Waals surface area contributed by atoms with E-state index in [-0.39, 0.29) is 11.9 Å². The van der Waals surface area contributed by atoms with Crippen LogP contribution in [0.5, 0.6) is 0 Å². The Hall–Kier alpha value is -1.58. The second-order valence-electron chi connectivity index (χ2n) is 5.07. The minimum Gasteiger partial charge on any atom is -0.370 e. The van der Waals surface area contributed by atoms with E-state index in [9.17, 15) is 4.79 Å². The van der Waals surface area contributed by atoms with Crippen molar-refractivity contribution >= 4 is 11.7 Å². The molecule has 1 heterocycles. The first-order valence-corrected chi connectivity index (χ1v) is 7.64. The summed E-state index contributed by atoms with van der Waals surface area (Å²) >= 11 is 0. The maximum Gasteiger partial charge on any atom is 0.255 e. The van der Waals surface area contributed by atoms with E-state index < -0.39 is 0 Å². The number of pyridine rings is 1. The summed E-state index contributed by atoms with van der Waals surface area (Å²) in [6.07, 6.45) is 4.77. The van der Waals surface area contributed by atoms with Gasteiger partial charge in [-0.3, -0.25) is 4.79 Å². The molecule has 20 heavy (non-hydrogen) atoms. The van der Waals surface area contributed by atoms with Crippen LogP contribution in [0.4, 0.5) is 5.82 Å². The predicted molar refractivity (Wildman–Crippen MR) is 84.1 cm³/mol. The van der Waals surface area contributed by atoms with E-state index in [1.807, 2.05) is 24.0 Å². The molecule has 1 unspecified atom stereocenters. The molecule has 0 saturated carbocycles. The molecule has 4 nitrogen and oxygen atoms in total. The van der Waals surface area contributed by atoms with Crippen molar-refractivity contribution in [1.29, 1.82) is 0 Å². The number of nitrogens with one attached hydrogen (secondary N) is 1. The van der Waals surface area contributed by atoms with Crippen molar-refractivity contribution < 1.29 is 4.79 Å². The van der Waals surface area contributed by atoms with Crippen LogP contribution in [0, 0.1) is 0 Å². The van der Waals surface area contributed by atoms with Crippen LogP contribution >= 0.6 is 0 Å². The Labute approximate surface area is 122 Å². The fraction of sp³-hybridized carbons (Fsp3) is 0.625. The zero-order valence-corrected chi connectivity index (χ0v) is 13.1. The summed E-state index contributed by atoms with van der Waals surface area (Å²) in [6.45, 7) is 10.0. The minimum absolute atomic E-state index is 0.0864. The number of unbranched alkanes of at least 4 members (excludes halogenated alkanes) is 1. The lowest BCUT2D eigenvalue weighted by Crippen LogP contribution is -2.39. The molecule has 1 aromatic heterocycles. The van der Waals surface area contributed by atoms with Crippen LogP contribution in [0.1, 0.15) is 57.3 Å². The molecule has 0 radical (unpaired) electrons. The molecule has 1 amide bonds. The molecule has 0 aliphatic rings. The minimum atomic E-state index is 0.0864. The van der Waals surface area contributed by atoms with E-state index in [1.165, 1.54) is 0 Å². The van der Waals surface area contributed by atoms with Crippen molar-refractivity contribution in [3.63, 3.8) is 0 Å². The fourth-order valence-corrected chi connectivity index (χ4v) is 2.04. The number of anilines is 1. The topological polar surface area (TPSA) is 45.2 Å². The summed E-state index contributed by atoms with van der Waals surface area (Å²) in [6, 6.07) is 3.99. The molecule has 0 saturated heterocycles. The third-order valence-electron chi connectivity index (χ3n) is 3.50. The smallest absolute Gasteiger partial charge is 0.255 e. The van der Waals surface area contributed by atoms with Gasteiger partial charge >= 0.3 is 0 Å². The van der Waals surface area contributed by atoms with Gasteiger partial charge in [-0.2, -0.15) is 0 Å². The van der Waals surface area contributed by atoms with Gasteiger partial charge in [-0.15, -0.1) is 0 Å². The number of rotatable bonds is 8. The number of carbonyl (C=O) groups is 1. The van der Waals surface area contributed by atoms with Gasteiger partial charge in [-0.05, 0) is 38.8 Å². The highest BCUT2D eigenvalue weighted by Gasteiger charge is 2.20. The number of hydrogen-bond donors (Lipinski definition) is 1. The van der Waals surface area contributed by atoms with Gasteiger partial charge in [0.25, 0.3) is 5.91 Å². The maximum atomic E-state index is 12.6. The van der Waals surface area contributed by atoms with Gasteiger partial charge < -0.3 is 10.2 Å². The number of amides is 1. The van der Waals surface area contributed by atoms with Crippen LogP contribution in [-0.2, 0) is 0 Å². The lowest BCUT2D eigenvalue weighted by molar-refractivity contribution is 0.0685. The molecule has 0 aliphatic carbocycles. The Bertz CT molecular complexity index is 403. The molecule has 4 heteroatoms. The summed E-state index contributed by atoms with van der Waals surface area (Å²) in [4.78, 5) is 18.8. The Kier molecular flexibility index (Phi) is 7.05. The SMILES string of the molecule is CCCCN(C(=O)c1ccc(NCC)nc1)C(C)CC. The van der Waals surface area contributed by atoms with Crippen LogP contribution in [0.25, 0.3) is 0 Å². The van der Waals surface area contributed by atoms with E-state index in [4.69, 9.17) is 0 Å². The van der Waals surface area contributed by atoms with Crippen molar-refractivity contribution in [3.8, 4) is 0 Å². The van der Waals surface area contributed by atoms with Crippen molar-refractivity contribution in [1.82, 2.24) is 9.88 Å². The third kappa shape index (κ3) is 4.51. The molecular formula is C16H27N3O. The second-order valence-corrected chi connectivity index (χ2v) is 5.07. The molecule has 0 fully saturated rings. The molecule has 112 valence electrons. The first kappa shape index (κ1) is 16.5. The van der Waals surface area contributed by atoms with Crippen molar-refractivity contribution in [2.75, 3.05) is 18.4 Å². The summed E-state index contributed by atoms with van der Waals surface area (Å²) in [7, 11) is 0. The predicted octanol–water partition coefficient (Wildman–Crippen LogP) is 3.55. The quantitative estimate of drug-likeness (QED) is 0.790. The molecule has 0 aliphatic heterocycles. The summed E-state index contributed by atoms with van der Waals surface area (Å²) in [5.74, 6) is 0.899. The van der Waals surface area contributed by atoms with Crippen LogP contribution in [0.2, 0.25) is 0 Å². The Morgan fingerprint density at radius 1 is 1.35 bits per heavy atom. The molecule has 0 aromatic carbocycles. The summed E-state index contributed by atoms with van der Waals surface area (Å²) in [5.41, 5.74) is 0.669. The van der Waals surface area contributed by atoms with Crippen LogP contribution in [-0.4, -0.2) is 34.9 Å². The standard InChI is InChI=1S/C16H27N3O/c1-5-8-11-19(13(4)6-2)16(20)14-9-10-15(17-7-3)18-12-14/h9-10,12-13H,5-8,11H2,1-4H3,(H,17,18). The van der Waals surface area contributed by atoms with Gasteiger partial charge in [0.05, 0.1) is 5.56 Å². The van der Waals surface area contributed by atoms with Gasteiger partial charge in [0, 0.05) is 25.3 Å². The lowest BCUT2D eigenvalue weighted by Gasteiger charge is -2.28. The van der Waals surface area contributed by atoms with Gasteiger partial charge in [-0.25, -0.2) is 4.98 Å². The molecule has 0 bridgehead atoms. The maximum absolute atomic E-state index is 12.6. The molecule has 1 N–H and O–H groups in total. The largest absolute Gasteiger partial charge is 0.370 e. The van der Waals surface area contributed by atoms with Crippen molar-refractivity contribution in [2.45, 2.75) is 53.0 Å². The average Bonchev–Trinajstić information content (AvgIpc) is 2.48. The van der Waals surface area contributed by atoms with E-state index in [0.717, 1.165) is 38.2 Å². The normalized spacial score (nSPS) is 12.0. The number of aromatic nitrogens is 1. The van der Waals surface area contributed by atoms with E-state index in [2.05, 4.69) is 31.1 Å². The molecule has 1 aromatic rings. The Balaban J connectivity index is 2.82. The van der Waals surface area contributed by atoms with Crippen molar-refractivity contribution in [3.05, 3.63) is 23.9 Å². The highest BCUT2D eigenvalue weighted by molar-refractivity contribution is 5.94. The third-order valence-corrected chi connectivity index (χ3v) is 3.50. The Morgan fingerprint density at radius 2 is 2.10 bits per heavy atom. The fourth-order valence-electron chi connectivity index (χ4n) is 2.04. The van der Waals surface area contributed by atoms with Crippen LogP contribution in [0.3, 0.4) is 0 Å². The number of nitrogens with zero attached hydrogens (tertiary/aromatic N) is 2. The van der Waals surface area contributed by atoms with Gasteiger partial charge in [0.2, 0.25) is 0 Å². The van der Waals surface area contributed by atoms with Gasteiger partial charge in [0.15, 0.2) is 0 Å². The monoisotopic (exact) mass is 277 g/mol. The first-order chi connectivity index (χ1) is 9.63. The summed E-state index contributed by atoms with van der Waals surface area (Å²) < 4.78 is 0. The average molecular weight is 277 g/mol. The van der Waals surface area contributed by atoms with E-state index in [0.29, 0.717) is 5.56 Å². The van der Waals surface area contributed by atoms with Crippen LogP contribution < -0.4 is 5.32 Å². The zero-order valence-electron chi connectivity index (χ0n) is 13.1. The van der Waals surface area contributed by atoms with Gasteiger partial charge in [0.1, 0.15) is 5.82 Å². The highest BCUT2D eigenvalue weighted by atomic mass is 16.2. The van der Waals surface area contributed by atoms with Crippen LogP contribution in [0.15, 0.2) is 18.3 Å². The molecule has 1 atom stereocenters. The first-order valence-electron chi connectivity index (χ1n) is 7.64. The Morgan fingerprint density at radius 3 is 2.60 bits per heavy atom. The molecule has 0 spiro atoms. The molecule has 1 rings (SSSR count). The van der Waals surface area contributed by atoms with Crippen molar-refractivity contribution in [2.24, 2.45) is 0 Å². The molecular weight excluding hydrogens is 250 g/mol. The van der Waals surface area contributed by atoms with E-state index in [1.54, 1.807) is 6.20 Å². The van der Waals surface area contributed by atoms with Gasteiger partial charge in [-0.1, -0.05) is 20.3 Å². The second kappa shape index (κ2) is 8.56.